The van der Waals surface area contributed by atoms with Gasteiger partial charge in [0.25, 0.3) is 0 Å². The SMILES string of the molecule is COC(=O)C(CCl)Oc1ccccc1. The molecule has 0 fully saturated rings. The van der Waals surface area contributed by atoms with Crippen molar-refractivity contribution in [2.45, 2.75) is 6.10 Å². The third-order valence-electron chi connectivity index (χ3n) is 1.63. The van der Waals surface area contributed by atoms with Crippen molar-refractivity contribution >= 4 is 17.6 Å². The van der Waals surface area contributed by atoms with Gasteiger partial charge in [-0.1, -0.05) is 18.2 Å². The molecule has 14 heavy (non-hydrogen) atoms. The van der Waals surface area contributed by atoms with E-state index in [4.69, 9.17) is 16.3 Å². The second-order valence-corrected chi connectivity index (χ2v) is 2.91. The molecule has 1 aromatic carbocycles. The summed E-state index contributed by atoms with van der Waals surface area (Å²) in [5, 5.41) is 0. The zero-order valence-electron chi connectivity index (χ0n) is 7.77. The van der Waals surface area contributed by atoms with Crippen LogP contribution in [0.3, 0.4) is 0 Å². The molecule has 4 heteroatoms. The molecule has 0 heterocycles. The summed E-state index contributed by atoms with van der Waals surface area (Å²) >= 11 is 5.57. The molecule has 1 aromatic rings. The number of carbonyl (C=O) groups is 1. The Morgan fingerprint density at radius 2 is 2.07 bits per heavy atom. The number of ether oxygens (including phenoxy) is 2. The highest BCUT2D eigenvalue weighted by atomic mass is 35.5. The number of para-hydroxylation sites is 1. The molecule has 0 aliphatic heterocycles. The van der Waals surface area contributed by atoms with E-state index in [1.54, 1.807) is 12.1 Å². The molecule has 0 bridgehead atoms. The molecule has 76 valence electrons. The van der Waals surface area contributed by atoms with Crippen LogP contribution in [0.25, 0.3) is 0 Å². The smallest absolute Gasteiger partial charge is 0.348 e. The minimum Gasteiger partial charge on any atom is -0.477 e. The van der Waals surface area contributed by atoms with Gasteiger partial charge in [0.2, 0.25) is 6.10 Å². The van der Waals surface area contributed by atoms with Crippen molar-refractivity contribution in [3.05, 3.63) is 30.3 Å². The summed E-state index contributed by atoms with van der Waals surface area (Å²) < 4.78 is 9.84. The fraction of sp³-hybridized carbons (Fsp3) is 0.300. The molecule has 0 saturated carbocycles. The monoisotopic (exact) mass is 214 g/mol. The highest BCUT2D eigenvalue weighted by molar-refractivity contribution is 6.19. The van der Waals surface area contributed by atoms with Gasteiger partial charge in [0.15, 0.2) is 0 Å². The number of hydrogen-bond donors (Lipinski definition) is 0. The second-order valence-electron chi connectivity index (χ2n) is 2.60. The topological polar surface area (TPSA) is 35.5 Å². The Hall–Kier alpha value is -1.22. The molecular weight excluding hydrogens is 204 g/mol. The quantitative estimate of drug-likeness (QED) is 0.567. The third-order valence-corrected chi connectivity index (χ3v) is 1.91. The zero-order chi connectivity index (χ0) is 10.4. The van der Waals surface area contributed by atoms with Crippen LogP contribution in [0, 0.1) is 0 Å². The summed E-state index contributed by atoms with van der Waals surface area (Å²) in [7, 11) is 1.30. The van der Waals surface area contributed by atoms with Gasteiger partial charge in [-0.15, -0.1) is 11.6 Å². The van der Waals surface area contributed by atoms with E-state index < -0.39 is 12.1 Å². The second kappa shape index (κ2) is 5.50. The molecular formula is C10H11ClO3. The normalized spacial score (nSPS) is 11.9. The van der Waals surface area contributed by atoms with Crippen LogP contribution in [-0.4, -0.2) is 25.1 Å². The Bertz CT molecular complexity index is 287. The number of halogens is 1. The maximum absolute atomic E-state index is 11.1. The molecule has 1 unspecified atom stereocenters. The van der Waals surface area contributed by atoms with E-state index in [1.165, 1.54) is 7.11 Å². The number of benzene rings is 1. The number of alkyl halides is 1. The van der Waals surface area contributed by atoms with Gasteiger partial charge in [0, 0.05) is 0 Å². The molecule has 0 radical (unpaired) electrons. The van der Waals surface area contributed by atoms with E-state index in [2.05, 4.69) is 4.74 Å². The van der Waals surface area contributed by atoms with E-state index in [-0.39, 0.29) is 5.88 Å². The average molecular weight is 215 g/mol. The first kappa shape index (κ1) is 10.9. The van der Waals surface area contributed by atoms with Crippen LogP contribution in [0.4, 0.5) is 0 Å². The molecule has 3 nitrogen and oxygen atoms in total. The summed E-state index contributed by atoms with van der Waals surface area (Å²) in [4.78, 5) is 11.1. The first-order valence-electron chi connectivity index (χ1n) is 4.13. The van der Waals surface area contributed by atoms with Crippen molar-refractivity contribution in [1.82, 2.24) is 0 Å². The number of rotatable bonds is 4. The van der Waals surface area contributed by atoms with Crippen molar-refractivity contribution < 1.29 is 14.3 Å². The number of carbonyl (C=O) groups excluding carboxylic acids is 1. The van der Waals surface area contributed by atoms with Crippen molar-refractivity contribution in [2.24, 2.45) is 0 Å². The van der Waals surface area contributed by atoms with E-state index in [0.717, 1.165) is 0 Å². The number of esters is 1. The zero-order valence-corrected chi connectivity index (χ0v) is 8.53. The molecule has 0 aromatic heterocycles. The minimum absolute atomic E-state index is 0.0710. The molecule has 0 aliphatic rings. The molecule has 0 aliphatic carbocycles. The van der Waals surface area contributed by atoms with Gasteiger partial charge in [-0.25, -0.2) is 4.79 Å². The Labute approximate surface area is 87.6 Å². The Morgan fingerprint density at radius 3 is 2.57 bits per heavy atom. The fourth-order valence-corrected chi connectivity index (χ4v) is 1.13. The Kier molecular flexibility index (Phi) is 4.26. The lowest BCUT2D eigenvalue weighted by molar-refractivity contribution is -0.147. The highest BCUT2D eigenvalue weighted by Crippen LogP contribution is 2.12. The van der Waals surface area contributed by atoms with Gasteiger partial charge in [-0.2, -0.15) is 0 Å². The van der Waals surface area contributed by atoms with Crippen LogP contribution in [0.1, 0.15) is 0 Å². The maximum Gasteiger partial charge on any atom is 0.348 e. The van der Waals surface area contributed by atoms with Crippen molar-refractivity contribution in [2.75, 3.05) is 13.0 Å². The van der Waals surface area contributed by atoms with Gasteiger partial charge >= 0.3 is 5.97 Å². The molecule has 1 atom stereocenters. The highest BCUT2D eigenvalue weighted by Gasteiger charge is 2.19. The summed E-state index contributed by atoms with van der Waals surface area (Å²) in [5.41, 5.74) is 0. The lowest BCUT2D eigenvalue weighted by atomic mass is 10.3. The first-order valence-corrected chi connectivity index (χ1v) is 4.67. The standard InChI is InChI=1S/C10H11ClO3/c1-13-10(12)9(7-11)14-8-5-3-2-4-6-8/h2-6,9H,7H2,1H3. The van der Waals surface area contributed by atoms with Crippen LogP contribution in [0.2, 0.25) is 0 Å². The molecule has 1 rings (SSSR count). The van der Waals surface area contributed by atoms with Crippen LogP contribution < -0.4 is 4.74 Å². The molecule has 0 spiro atoms. The van der Waals surface area contributed by atoms with Crippen LogP contribution >= 0.6 is 11.6 Å². The van der Waals surface area contributed by atoms with Crippen molar-refractivity contribution in [1.29, 1.82) is 0 Å². The van der Waals surface area contributed by atoms with Crippen molar-refractivity contribution in [3.63, 3.8) is 0 Å². The van der Waals surface area contributed by atoms with Gasteiger partial charge < -0.3 is 9.47 Å². The predicted octanol–water partition coefficient (Wildman–Crippen LogP) is 1.85. The van der Waals surface area contributed by atoms with Gasteiger partial charge in [0.1, 0.15) is 5.75 Å². The van der Waals surface area contributed by atoms with Gasteiger partial charge in [-0.05, 0) is 12.1 Å². The lowest BCUT2D eigenvalue weighted by Crippen LogP contribution is -2.30. The van der Waals surface area contributed by atoms with Crippen LogP contribution in [0.5, 0.6) is 5.75 Å². The Morgan fingerprint density at radius 1 is 1.43 bits per heavy atom. The maximum atomic E-state index is 11.1. The summed E-state index contributed by atoms with van der Waals surface area (Å²) in [6.45, 7) is 0. The van der Waals surface area contributed by atoms with E-state index >= 15 is 0 Å². The van der Waals surface area contributed by atoms with Crippen molar-refractivity contribution in [3.8, 4) is 5.75 Å². The summed E-state index contributed by atoms with van der Waals surface area (Å²) in [6, 6.07) is 9.00. The fourth-order valence-electron chi connectivity index (χ4n) is 0.937. The molecule has 0 amide bonds. The van der Waals surface area contributed by atoms with Crippen LogP contribution in [-0.2, 0) is 9.53 Å². The van der Waals surface area contributed by atoms with Crippen LogP contribution in [0.15, 0.2) is 30.3 Å². The lowest BCUT2D eigenvalue weighted by Gasteiger charge is -2.13. The van der Waals surface area contributed by atoms with Gasteiger partial charge in [0.05, 0.1) is 13.0 Å². The van der Waals surface area contributed by atoms with Gasteiger partial charge in [-0.3, -0.25) is 0 Å². The molecule has 0 saturated heterocycles. The first-order chi connectivity index (χ1) is 6.77. The van der Waals surface area contributed by atoms with E-state index in [9.17, 15) is 4.79 Å². The predicted molar refractivity (Wildman–Crippen MR) is 53.6 cm³/mol. The number of methoxy groups -OCH3 is 1. The van der Waals surface area contributed by atoms with E-state index in [0.29, 0.717) is 5.75 Å². The summed E-state index contributed by atoms with van der Waals surface area (Å²) in [5.74, 6) is 0.203. The minimum atomic E-state index is -0.746. The Balaban J connectivity index is 2.62. The largest absolute Gasteiger partial charge is 0.477 e. The molecule has 0 N–H and O–H groups in total. The number of hydrogen-bond acceptors (Lipinski definition) is 3. The third kappa shape index (κ3) is 2.92. The van der Waals surface area contributed by atoms with E-state index in [1.807, 2.05) is 18.2 Å². The average Bonchev–Trinajstić information content (AvgIpc) is 2.26. The summed E-state index contributed by atoms with van der Waals surface area (Å²) in [6.07, 6.45) is -0.746.